The largest absolute Gasteiger partial charge is 0.582 e. The van der Waals surface area contributed by atoms with Crippen LogP contribution < -0.4 is 5.10 Å². The summed E-state index contributed by atoms with van der Waals surface area (Å²) in [6.45, 7) is 4.25. The summed E-state index contributed by atoms with van der Waals surface area (Å²) < 4.78 is 0. The fourth-order valence-corrected chi connectivity index (χ4v) is 0.531. The summed E-state index contributed by atoms with van der Waals surface area (Å²) in [7, 11) is 0. The molecule has 0 saturated carbocycles. The van der Waals surface area contributed by atoms with Crippen LogP contribution in [0.25, 0.3) is 0 Å². The first-order valence-corrected chi connectivity index (χ1v) is 2.74. The molecular weight excluding hydrogens is 286 g/mol. The minimum atomic E-state index is 0. The molecule has 0 atom stereocenters. The van der Waals surface area contributed by atoms with Gasteiger partial charge in [-0.1, -0.05) is 13.8 Å². The summed E-state index contributed by atoms with van der Waals surface area (Å²) in [5.41, 5.74) is 1.21. The Morgan fingerprint density at radius 1 is 1.56 bits per heavy atom. The predicted octanol–water partition coefficient (Wildman–Crippen LogP) is 1.16. The molecule has 0 spiro atoms. The maximum Gasteiger partial charge on any atom is 0.00543 e. The fraction of sp³-hybridized carbons (Fsp3) is 0.500. The minimum absolute atomic E-state index is 0. The van der Waals surface area contributed by atoms with E-state index in [1.165, 1.54) is 5.56 Å². The van der Waals surface area contributed by atoms with Gasteiger partial charge in [0.05, 0.1) is 0 Å². The van der Waals surface area contributed by atoms with Gasteiger partial charge in [0, 0.05) is 26.6 Å². The molecule has 0 amide bonds. The second-order valence-corrected chi connectivity index (χ2v) is 2.14. The second kappa shape index (κ2) is 3.81. The van der Waals surface area contributed by atoms with E-state index in [1.807, 2.05) is 0 Å². The van der Waals surface area contributed by atoms with Crippen molar-refractivity contribution < 1.29 is 20.4 Å². The Labute approximate surface area is 68.7 Å². The van der Waals surface area contributed by atoms with Crippen LogP contribution in [0.2, 0.25) is 0 Å². The van der Waals surface area contributed by atoms with E-state index in [9.17, 15) is 0 Å². The van der Waals surface area contributed by atoms with Gasteiger partial charge in [-0.05, 0) is 11.5 Å². The van der Waals surface area contributed by atoms with Crippen molar-refractivity contribution in [2.24, 2.45) is 0 Å². The number of hydrogen-bond acceptors (Lipinski definition) is 1. The average molecular weight is 295 g/mol. The maximum absolute atomic E-state index is 3.69. The average Bonchev–Trinajstić information content (AvgIpc) is 2.12. The Morgan fingerprint density at radius 3 is 2.44 bits per heavy atom. The molecule has 1 radical (unpaired) electrons. The molecule has 2 nitrogen and oxygen atoms in total. The van der Waals surface area contributed by atoms with E-state index in [1.54, 1.807) is 12.4 Å². The summed E-state index contributed by atoms with van der Waals surface area (Å²) in [6.07, 6.45) is 3.59. The molecular formula is C6H9N2Re-. The predicted molar refractivity (Wildman–Crippen MR) is 31.6 cm³/mol. The number of aromatic nitrogens is 2. The van der Waals surface area contributed by atoms with Crippen LogP contribution in [0.15, 0.2) is 12.4 Å². The van der Waals surface area contributed by atoms with Gasteiger partial charge in [0.25, 0.3) is 0 Å². The monoisotopic (exact) mass is 296 g/mol. The van der Waals surface area contributed by atoms with Crippen molar-refractivity contribution in [1.29, 1.82) is 0 Å². The Balaban J connectivity index is 0.000000640. The van der Waals surface area contributed by atoms with Crippen LogP contribution in [0.1, 0.15) is 25.3 Å². The van der Waals surface area contributed by atoms with Crippen molar-refractivity contribution in [3.63, 3.8) is 0 Å². The molecule has 0 unspecified atom stereocenters. The molecule has 1 heterocycles. The third kappa shape index (κ3) is 2.30. The summed E-state index contributed by atoms with van der Waals surface area (Å²) in [6, 6.07) is 0. The molecule has 9 heavy (non-hydrogen) atoms. The molecule has 0 N–H and O–H groups in total. The van der Waals surface area contributed by atoms with E-state index in [-0.39, 0.29) is 20.4 Å². The van der Waals surface area contributed by atoms with Crippen LogP contribution in [0.3, 0.4) is 0 Å². The molecule has 0 fully saturated rings. The zero-order valence-corrected chi connectivity index (χ0v) is 8.22. The van der Waals surface area contributed by atoms with Crippen molar-refractivity contribution >= 4 is 0 Å². The van der Waals surface area contributed by atoms with Crippen molar-refractivity contribution in [2.45, 2.75) is 19.8 Å². The molecule has 1 aromatic rings. The normalized spacial score (nSPS) is 9.22. The Morgan fingerprint density at radius 2 is 2.22 bits per heavy atom. The third-order valence-corrected chi connectivity index (χ3v) is 1.15. The van der Waals surface area contributed by atoms with E-state index < -0.39 is 0 Å². The molecule has 3 heteroatoms. The third-order valence-electron chi connectivity index (χ3n) is 1.15. The van der Waals surface area contributed by atoms with Crippen LogP contribution in [-0.4, -0.2) is 5.10 Å². The smallest absolute Gasteiger partial charge is 0.00543 e. The first-order chi connectivity index (χ1) is 3.80. The van der Waals surface area contributed by atoms with Gasteiger partial charge >= 0.3 is 0 Å². The molecule has 0 aliphatic heterocycles. The molecule has 0 aromatic carbocycles. The molecule has 0 saturated heterocycles. The SMILES string of the molecule is CC(C)c1cn[n-]c1.[Re]. The van der Waals surface area contributed by atoms with Gasteiger partial charge in [-0.25, -0.2) is 0 Å². The summed E-state index contributed by atoms with van der Waals surface area (Å²) >= 11 is 0. The van der Waals surface area contributed by atoms with E-state index in [0.717, 1.165) is 0 Å². The molecule has 1 rings (SSSR count). The van der Waals surface area contributed by atoms with Gasteiger partial charge in [0.2, 0.25) is 0 Å². The number of nitrogens with zero attached hydrogens (tertiary/aromatic N) is 2. The van der Waals surface area contributed by atoms with Crippen molar-refractivity contribution in [1.82, 2.24) is 10.2 Å². The van der Waals surface area contributed by atoms with Crippen molar-refractivity contribution in [3.05, 3.63) is 18.0 Å². The zero-order chi connectivity index (χ0) is 5.98. The van der Waals surface area contributed by atoms with Crippen LogP contribution in [0, 0.1) is 0 Å². The van der Waals surface area contributed by atoms with E-state index >= 15 is 0 Å². The van der Waals surface area contributed by atoms with Gasteiger partial charge in [0.1, 0.15) is 0 Å². The first kappa shape index (κ1) is 8.87. The van der Waals surface area contributed by atoms with Crippen LogP contribution in [0.5, 0.6) is 0 Å². The second-order valence-electron chi connectivity index (χ2n) is 2.14. The van der Waals surface area contributed by atoms with E-state index in [2.05, 4.69) is 24.0 Å². The molecule has 1 aromatic heterocycles. The Kier molecular flexibility index (Phi) is 3.76. The summed E-state index contributed by atoms with van der Waals surface area (Å²) in [4.78, 5) is 0. The molecule has 0 aliphatic rings. The Hall–Kier alpha value is -0.128. The minimum Gasteiger partial charge on any atom is -0.582 e. The van der Waals surface area contributed by atoms with Gasteiger partial charge in [-0.3, -0.25) is 0 Å². The molecule has 51 valence electrons. The van der Waals surface area contributed by atoms with Crippen molar-refractivity contribution in [3.8, 4) is 0 Å². The van der Waals surface area contributed by atoms with Gasteiger partial charge in [0.15, 0.2) is 0 Å². The first-order valence-electron chi connectivity index (χ1n) is 2.74. The van der Waals surface area contributed by atoms with Crippen molar-refractivity contribution in [2.75, 3.05) is 0 Å². The summed E-state index contributed by atoms with van der Waals surface area (Å²) in [5, 5.41) is 7.39. The maximum atomic E-state index is 3.69. The molecule has 0 bridgehead atoms. The Bertz CT molecular complexity index is 146. The zero-order valence-electron chi connectivity index (χ0n) is 5.50. The topological polar surface area (TPSA) is 27.0 Å². The fourth-order valence-electron chi connectivity index (χ4n) is 0.531. The summed E-state index contributed by atoms with van der Waals surface area (Å²) in [5.74, 6) is 0.560. The van der Waals surface area contributed by atoms with Gasteiger partial charge < -0.3 is 10.2 Å². The van der Waals surface area contributed by atoms with Gasteiger partial charge in [-0.15, -0.1) is 0 Å². The number of hydrogen-bond donors (Lipinski definition) is 0. The van der Waals surface area contributed by atoms with E-state index in [4.69, 9.17) is 0 Å². The van der Waals surface area contributed by atoms with Gasteiger partial charge in [-0.2, -0.15) is 6.20 Å². The van der Waals surface area contributed by atoms with Crippen LogP contribution in [0.4, 0.5) is 0 Å². The number of rotatable bonds is 1. The van der Waals surface area contributed by atoms with Crippen LogP contribution in [-0.2, 0) is 20.4 Å². The van der Waals surface area contributed by atoms with Crippen LogP contribution >= 0.6 is 0 Å². The quantitative estimate of drug-likeness (QED) is 0.777. The van der Waals surface area contributed by atoms with E-state index in [0.29, 0.717) is 5.92 Å². The standard InChI is InChI=1S/C6H9N2.Re/c1-5(2)6-3-7-8-4-6;/h3-5H,1-2H3;/q-1;. The molecule has 0 aliphatic carbocycles.